The van der Waals surface area contributed by atoms with E-state index in [0.29, 0.717) is 5.71 Å². The van der Waals surface area contributed by atoms with Gasteiger partial charge in [-0.2, -0.15) is 0 Å². The first-order chi connectivity index (χ1) is 9.95. The maximum absolute atomic E-state index is 13.6. The number of hydrogen-bond donors (Lipinski definition) is 3. The number of halogens is 2. The smallest absolute Gasteiger partial charge is 0.300 e. The van der Waals surface area contributed by atoms with E-state index in [1.165, 1.54) is 12.1 Å². The SMILES string of the molecule is CC(=O)O.O/N=C(\c1ccc(F)cc1F)C1CCNCC1. The first-order valence-corrected chi connectivity index (χ1v) is 6.53. The molecule has 3 N–H and O–H groups in total. The molecule has 116 valence electrons. The summed E-state index contributed by atoms with van der Waals surface area (Å²) in [7, 11) is 0. The fourth-order valence-corrected chi connectivity index (χ4v) is 2.15. The van der Waals surface area contributed by atoms with Gasteiger partial charge in [0.05, 0.1) is 5.71 Å². The summed E-state index contributed by atoms with van der Waals surface area (Å²) in [5, 5.41) is 22.8. The van der Waals surface area contributed by atoms with E-state index in [1.54, 1.807) is 0 Å². The predicted octanol–water partition coefficient (Wildman–Crippen LogP) is 2.23. The van der Waals surface area contributed by atoms with Crippen LogP contribution in [0, 0.1) is 17.6 Å². The van der Waals surface area contributed by atoms with Crippen molar-refractivity contribution in [1.82, 2.24) is 5.32 Å². The van der Waals surface area contributed by atoms with Crippen LogP contribution in [-0.2, 0) is 4.79 Å². The zero-order valence-electron chi connectivity index (χ0n) is 11.6. The highest BCUT2D eigenvalue weighted by molar-refractivity contribution is 6.02. The molecule has 0 radical (unpaired) electrons. The average molecular weight is 300 g/mol. The van der Waals surface area contributed by atoms with Crippen LogP contribution in [-0.4, -0.2) is 35.1 Å². The van der Waals surface area contributed by atoms with Crippen LogP contribution < -0.4 is 5.32 Å². The zero-order valence-corrected chi connectivity index (χ0v) is 11.6. The molecule has 0 saturated carbocycles. The Morgan fingerprint density at radius 1 is 1.33 bits per heavy atom. The molecule has 21 heavy (non-hydrogen) atoms. The fourth-order valence-electron chi connectivity index (χ4n) is 2.15. The van der Waals surface area contributed by atoms with Gasteiger partial charge in [-0.15, -0.1) is 0 Å². The van der Waals surface area contributed by atoms with Gasteiger partial charge in [-0.05, 0) is 38.1 Å². The zero-order chi connectivity index (χ0) is 15.8. The molecule has 0 aliphatic carbocycles. The van der Waals surface area contributed by atoms with Crippen LogP contribution in [0.1, 0.15) is 25.3 Å². The number of oxime groups is 1. The third-order valence-corrected chi connectivity index (χ3v) is 3.04. The minimum Gasteiger partial charge on any atom is -0.481 e. The van der Waals surface area contributed by atoms with Gasteiger partial charge in [0.2, 0.25) is 0 Å². The topological polar surface area (TPSA) is 81.9 Å². The Morgan fingerprint density at radius 2 is 1.90 bits per heavy atom. The van der Waals surface area contributed by atoms with Crippen molar-refractivity contribution in [2.45, 2.75) is 19.8 Å². The van der Waals surface area contributed by atoms with Crippen LogP contribution in [0.2, 0.25) is 0 Å². The van der Waals surface area contributed by atoms with Crippen LogP contribution in [0.3, 0.4) is 0 Å². The van der Waals surface area contributed by atoms with Gasteiger partial charge < -0.3 is 15.6 Å². The maximum Gasteiger partial charge on any atom is 0.300 e. The van der Waals surface area contributed by atoms with E-state index in [2.05, 4.69) is 10.5 Å². The lowest BCUT2D eigenvalue weighted by Crippen LogP contribution is -2.32. The first kappa shape index (κ1) is 17.0. The Hall–Kier alpha value is -2.02. The highest BCUT2D eigenvalue weighted by atomic mass is 19.1. The van der Waals surface area contributed by atoms with Crippen LogP contribution in [0.4, 0.5) is 8.78 Å². The van der Waals surface area contributed by atoms with E-state index in [9.17, 15) is 8.78 Å². The number of nitrogens with one attached hydrogen (secondary N) is 1. The number of aliphatic carboxylic acids is 1. The molecular formula is C14H18F2N2O3. The maximum atomic E-state index is 13.6. The summed E-state index contributed by atoms with van der Waals surface area (Å²) in [5.74, 6) is -2.13. The van der Waals surface area contributed by atoms with Gasteiger partial charge in [-0.25, -0.2) is 8.78 Å². The van der Waals surface area contributed by atoms with Gasteiger partial charge in [0, 0.05) is 24.5 Å². The van der Waals surface area contributed by atoms with Crippen molar-refractivity contribution in [1.29, 1.82) is 0 Å². The molecule has 2 rings (SSSR count). The van der Waals surface area contributed by atoms with Crippen molar-refractivity contribution >= 4 is 11.7 Å². The Labute approximate surface area is 121 Å². The molecule has 1 fully saturated rings. The monoisotopic (exact) mass is 300 g/mol. The van der Waals surface area contributed by atoms with E-state index < -0.39 is 17.6 Å². The van der Waals surface area contributed by atoms with Gasteiger partial charge in [0.1, 0.15) is 11.6 Å². The molecule has 0 bridgehead atoms. The lowest BCUT2D eigenvalue weighted by molar-refractivity contribution is -0.134. The molecule has 0 unspecified atom stereocenters. The molecule has 1 aromatic rings. The Balaban J connectivity index is 0.000000491. The molecule has 7 heteroatoms. The number of carboxylic acids is 1. The Morgan fingerprint density at radius 3 is 2.38 bits per heavy atom. The highest BCUT2D eigenvalue weighted by Gasteiger charge is 2.23. The number of piperidine rings is 1. The van der Waals surface area contributed by atoms with E-state index in [4.69, 9.17) is 15.1 Å². The highest BCUT2D eigenvalue weighted by Crippen LogP contribution is 2.21. The number of rotatable bonds is 2. The van der Waals surface area contributed by atoms with E-state index in [0.717, 1.165) is 38.9 Å². The van der Waals surface area contributed by atoms with Gasteiger partial charge in [0.25, 0.3) is 5.97 Å². The van der Waals surface area contributed by atoms with Crippen LogP contribution in [0.25, 0.3) is 0 Å². The predicted molar refractivity (Wildman–Crippen MR) is 73.6 cm³/mol. The van der Waals surface area contributed by atoms with Crippen LogP contribution in [0.5, 0.6) is 0 Å². The Bertz CT molecular complexity index is 511. The molecule has 0 atom stereocenters. The minimum atomic E-state index is -0.833. The second-order valence-electron chi connectivity index (χ2n) is 4.65. The molecule has 0 spiro atoms. The summed E-state index contributed by atoms with van der Waals surface area (Å²) >= 11 is 0. The van der Waals surface area contributed by atoms with E-state index in [-0.39, 0.29) is 11.5 Å². The summed E-state index contributed by atoms with van der Waals surface area (Å²) in [6, 6.07) is 3.30. The van der Waals surface area contributed by atoms with Crippen molar-refractivity contribution < 1.29 is 23.9 Å². The molecule has 5 nitrogen and oxygen atoms in total. The second-order valence-corrected chi connectivity index (χ2v) is 4.65. The summed E-state index contributed by atoms with van der Waals surface area (Å²) in [6.45, 7) is 2.71. The number of carbonyl (C=O) groups is 1. The fraction of sp³-hybridized carbons (Fsp3) is 0.429. The van der Waals surface area contributed by atoms with Crippen molar-refractivity contribution in [3.05, 3.63) is 35.4 Å². The first-order valence-electron chi connectivity index (χ1n) is 6.53. The summed E-state index contributed by atoms with van der Waals surface area (Å²) in [6.07, 6.45) is 1.58. The molecule has 1 aliphatic heterocycles. The summed E-state index contributed by atoms with van der Waals surface area (Å²) in [4.78, 5) is 9.00. The van der Waals surface area contributed by atoms with Crippen LogP contribution >= 0.6 is 0 Å². The average Bonchev–Trinajstić information content (AvgIpc) is 2.42. The Kier molecular flexibility index (Phi) is 6.74. The molecule has 1 saturated heterocycles. The van der Waals surface area contributed by atoms with Crippen molar-refractivity contribution in [2.24, 2.45) is 11.1 Å². The lowest BCUT2D eigenvalue weighted by Gasteiger charge is -2.23. The third kappa shape index (κ3) is 5.47. The quantitative estimate of drug-likeness (QED) is 0.444. The standard InChI is InChI=1S/C12H14F2N2O.C2H4O2/c13-9-1-2-10(11(14)7-9)12(16-17)8-3-5-15-6-4-8;1-2(3)4/h1-2,7-8,15,17H,3-6H2;1H3,(H,3,4)/b16-12-;. The summed E-state index contributed by atoms with van der Waals surface area (Å²) < 4.78 is 26.4. The lowest BCUT2D eigenvalue weighted by atomic mass is 9.88. The molecule has 1 aliphatic rings. The molecule has 1 aromatic carbocycles. The van der Waals surface area contributed by atoms with Crippen molar-refractivity contribution in [2.75, 3.05) is 13.1 Å². The van der Waals surface area contributed by atoms with Gasteiger partial charge in [-0.3, -0.25) is 4.79 Å². The number of nitrogens with zero attached hydrogens (tertiary/aromatic N) is 1. The largest absolute Gasteiger partial charge is 0.481 e. The molecule has 1 heterocycles. The van der Waals surface area contributed by atoms with Gasteiger partial charge >= 0.3 is 0 Å². The van der Waals surface area contributed by atoms with Gasteiger partial charge in [-0.1, -0.05) is 5.16 Å². The van der Waals surface area contributed by atoms with Gasteiger partial charge in [0.15, 0.2) is 0 Å². The molecule has 0 amide bonds. The number of hydrogen-bond acceptors (Lipinski definition) is 4. The van der Waals surface area contributed by atoms with E-state index >= 15 is 0 Å². The van der Waals surface area contributed by atoms with Crippen molar-refractivity contribution in [3.63, 3.8) is 0 Å². The van der Waals surface area contributed by atoms with Crippen LogP contribution in [0.15, 0.2) is 23.4 Å². The van der Waals surface area contributed by atoms with Crippen molar-refractivity contribution in [3.8, 4) is 0 Å². The van der Waals surface area contributed by atoms with E-state index in [1.807, 2.05) is 0 Å². The molecule has 0 aromatic heterocycles. The molecular weight excluding hydrogens is 282 g/mol. The second kappa shape index (κ2) is 8.31. The number of benzene rings is 1. The number of carboxylic acid groups (broad SMARTS) is 1. The summed E-state index contributed by atoms with van der Waals surface area (Å²) in [5.41, 5.74) is 0.491. The minimum absolute atomic E-state index is 0.0150. The normalized spacial score (nSPS) is 16.0. The third-order valence-electron chi connectivity index (χ3n) is 3.04.